The van der Waals surface area contributed by atoms with Crippen LogP contribution in [0.3, 0.4) is 0 Å². The second kappa shape index (κ2) is 1820. The Morgan fingerprint density at radius 3 is 0.800 bits per heavy atom. The van der Waals surface area contributed by atoms with Crippen molar-refractivity contribution in [3.8, 4) is 0 Å². The SMILES string of the molecule is Cl.N.N.N.[CH-]=C.[CH-]=C.[Cl][Pt]. The predicted octanol–water partition coefficient (Wildman–Crippen LogP) is 2.81. The zero-order valence-corrected chi connectivity index (χ0v) is 9.64. The molecule has 3 nitrogen and oxygen atoms in total. The molecule has 73 valence electrons. The number of hydrogen-bond acceptors (Lipinski definition) is 3. The average Bonchev–Trinajstić information content (AvgIpc) is 1.81. The second-order valence-electron chi connectivity index (χ2n) is 0. The molecule has 10 heavy (non-hydrogen) atoms. The van der Waals surface area contributed by atoms with Crippen molar-refractivity contribution in [2.75, 3.05) is 0 Å². The summed E-state index contributed by atoms with van der Waals surface area (Å²) in [6.07, 6.45) is 0. The molecule has 0 spiro atoms. The van der Waals surface area contributed by atoms with E-state index in [2.05, 4.69) is 35.7 Å². The van der Waals surface area contributed by atoms with Crippen LogP contribution >= 0.6 is 21.8 Å². The molecule has 0 saturated carbocycles. The topological polar surface area (TPSA) is 105 Å². The minimum absolute atomic E-state index is 0. The summed E-state index contributed by atoms with van der Waals surface area (Å²) in [6, 6.07) is 0. The zero-order chi connectivity index (χ0) is 6.00. The van der Waals surface area contributed by atoms with Crippen LogP contribution in [0.4, 0.5) is 0 Å². The van der Waals surface area contributed by atoms with E-state index in [1.807, 2.05) is 0 Å². The van der Waals surface area contributed by atoms with E-state index in [0.717, 1.165) is 0 Å². The van der Waals surface area contributed by atoms with Crippen molar-refractivity contribution in [1.29, 1.82) is 0 Å². The average molecular weight is 372 g/mol. The fourth-order valence-electron chi connectivity index (χ4n) is 0. The number of hydrogen-bond donors (Lipinski definition) is 3. The maximum atomic E-state index is 4.61. The van der Waals surface area contributed by atoms with Crippen molar-refractivity contribution in [2.45, 2.75) is 0 Å². The van der Waals surface area contributed by atoms with Gasteiger partial charge in [-0.05, 0) is 0 Å². The van der Waals surface area contributed by atoms with Crippen LogP contribution in [0, 0.1) is 13.2 Å². The first-order valence-electron chi connectivity index (χ1n) is 0.936. The van der Waals surface area contributed by atoms with E-state index in [9.17, 15) is 0 Å². The van der Waals surface area contributed by atoms with Crippen LogP contribution in [-0.4, -0.2) is 0 Å². The van der Waals surface area contributed by atoms with Crippen LogP contribution in [0.2, 0.25) is 0 Å². The summed E-state index contributed by atoms with van der Waals surface area (Å²) in [6.45, 7) is 14.0. The summed E-state index contributed by atoms with van der Waals surface area (Å²) in [5, 5.41) is 0. The Morgan fingerprint density at radius 2 is 0.800 bits per heavy atom. The molecule has 0 aliphatic rings. The molecule has 0 atom stereocenters. The molecule has 0 fully saturated rings. The van der Waals surface area contributed by atoms with Gasteiger partial charge in [0, 0.05) is 0 Å². The van der Waals surface area contributed by atoms with Crippen molar-refractivity contribution < 1.29 is 18.8 Å². The van der Waals surface area contributed by atoms with Gasteiger partial charge in [-0.3, -0.25) is 13.2 Å². The second-order valence-corrected chi connectivity index (χ2v) is 0. The van der Waals surface area contributed by atoms with Crippen molar-refractivity contribution >= 4 is 21.8 Å². The molecule has 0 aromatic rings. The Hall–Kier alpha value is 0.628. The molecule has 0 aromatic carbocycles. The molecular weight excluding hydrogens is 356 g/mol. The van der Waals surface area contributed by atoms with Gasteiger partial charge in [-0.1, -0.05) is 0 Å². The van der Waals surface area contributed by atoms with Gasteiger partial charge < -0.3 is 31.6 Å². The summed E-state index contributed by atoms with van der Waals surface area (Å²) < 4.78 is 0. The third kappa shape index (κ3) is 1270. The maximum absolute atomic E-state index is 4.61. The predicted molar refractivity (Wildman–Crippen MR) is 48.0 cm³/mol. The molecule has 0 unspecified atom stereocenters. The first-order valence-corrected chi connectivity index (χ1v) is 3.75. The van der Waals surface area contributed by atoms with Gasteiger partial charge in [0.1, 0.15) is 0 Å². The van der Waals surface area contributed by atoms with E-state index < -0.39 is 0 Å². The summed E-state index contributed by atoms with van der Waals surface area (Å²) >= 11 is 1.61. The van der Waals surface area contributed by atoms with Crippen molar-refractivity contribution in [1.82, 2.24) is 18.5 Å². The third-order valence-corrected chi connectivity index (χ3v) is 0. The summed E-state index contributed by atoms with van der Waals surface area (Å²) in [5.74, 6) is 0. The zero-order valence-electron chi connectivity index (χ0n) is 5.79. The first-order chi connectivity index (χ1) is 3.00. The molecule has 0 aliphatic heterocycles. The Kier molecular flexibility index (Phi) is 13600. The molecule has 0 saturated heterocycles. The summed E-state index contributed by atoms with van der Waals surface area (Å²) in [4.78, 5) is 0. The van der Waals surface area contributed by atoms with Crippen molar-refractivity contribution in [2.24, 2.45) is 0 Å². The molecule has 9 N–H and O–H groups in total. The van der Waals surface area contributed by atoms with Crippen LogP contribution in [0.25, 0.3) is 0 Å². The van der Waals surface area contributed by atoms with E-state index in [1.165, 1.54) is 0 Å². The molecule has 0 radical (unpaired) electrons. The molecule has 0 aliphatic carbocycles. The van der Waals surface area contributed by atoms with Gasteiger partial charge in [0.25, 0.3) is 0 Å². The Bertz CT molecular complexity index is 20.5. The van der Waals surface area contributed by atoms with Crippen molar-refractivity contribution in [3.63, 3.8) is 0 Å². The minimum atomic E-state index is 0. The van der Waals surface area contributed by atoms with Crippen LogP contribution < -0.4 is 18.5 Å². The van der Waals surface area contributed by atoms with Crippen LogP contribution in [-0.2, 0) is 18.8 Å². The summed E-state index contributed by atoms with van der Waals surface area (Å²) in [5.41, 5.74) is 0. The molecule has 0 heterocycles. The quantitative estimate of drug-likeness (QED) is 0.570. The molecule has 6 heteroatoms. The monoisotopic (exact) mass is 371 g/mol. The van der Waals surface area contributed by atoms with Gasteiger partial charge in [-0.15, -0.1) is 12.4 Å². The van der Waals surface area contributed by atoms with E-state index in [1.54, 1.807) is 18.8 Å². The Labute approximate surface area is 85.3 Å². The number of halogens is 2. The van der Waals surface area contributed by atoms with Gasteiger partial charge in [-0.25, -0.2) is 0 Å². The van der Waals surface area contributed by atoms with E-state index in [-0.39, 0.29) is 30.9 Å². The van der Waals surface area contributed by atoms with Crippen LogP contribution in [0.15, 0.2) is 13.2 Å². The normalized spacial score (nSPS) is 1.50. The van der Waals surface area contributed by atoms with Gasteiger partial charge in [-0.2, -0.15) is 0 Å². The fraction of sp³-hybridized carbons (Fsp3) is 0. The van der Waals surface area contributed by atoms with Gasteiger partial charge in [0.15, 0.2) is 0 Å². The first kappa shape index (κ1) is 74.8. The fourth-order valence-corrected chi connectivity index (χ4v) is 0. The molecule has 0 rings (SSSR count). The van der Waals surface area contributed by atoms with Crippen LogP contribution in [0.5, 0.6) is 0 Å². The molecular formula is C4H16Cl2N3Pt-2. The third-order valence-electron chi connectivity index (χ3n) is 0. The van der Waals surface area contributed by atoms with Gasteiger partial charge >= 0.3 is 28.2 Å². The summed E-state index contributed by atoms with van der Waals surface area (Å²) in [7, 11) is 4.61. The van der Waals surface area contributed by atoms with Gasteiger partial charge in [0.2, 0.25) is 0 Å². The molecule has 0 aromatic heterocycles. The van der Waals surface area contributed by atoms with E-state index >= 15 is 0 Å². The van der Waals surface area contributed by atoms with E-state index in [4.69, 9.17) is 0 Å². The Morgan fingerprint density at radius 1 is 0.800 bits per heavy atom. The number of rotatable bonds is 0. The Balaban J connectivity index is -0.00000000225. The van der Waals surface area contributed by atoms with Gasteiger partial charge in [0.05, 0.1) is 0 Å². The van der Waals surface area contributed by atoms with E-state index in [0.29, 0.717) is 0 Å². The standard InChI is InChI=1S/2C2H3.2ClH.3H3N.Pt/c2*1-2;;;;;;/h2*1H,2H2;2*1H;3*1H3;/q2*-1;;;;;;+1/p-1. The molecule has 0 amide bonds. The van der Waals surface area contributed by atoms with Crippen LogP contribution in [0.1, 0.15) is 0 Å². The van der Waals surface area contributed by atoms with Crippen molar-refractivity contribution in [3.05, 3.63) is 26.3 Å². The molecule has 0 bridgehead atoms.